The average molecular weight is 391 g/mol. The smallest absolute Gasteiger partial charge is 0.234 e. The standard InChI is InChI=1S/C20H26N2O2S2/c1-12(2)14-6-5-7-15(13-8-9-13)16(14)10-18(23)22-26-19-21-11-17(25-19)20(3,4)24/h5-7,11-13,24H,8-10H2,1-4H3,(H,22,23). The van der Waals surface area contributed by atoms with E-state index in [0.29, 0.717) is 18.3 Å². The van der Waals surface area contributed by atoms with Crippen LogP contribution in [0.2, 0.25) is 0 Å². The molecular formula is C20H26N2O2S2. The summed E-state index contributed by atoms with van der Waals surface area (Å²) in [7, 11) is 0. The summed E-state index contributed by atoms with van der Waals surface area (Å²) in [5.74, 6) is 1.01. The van der Waals surface area contributed by atoms with E-state index in [9.17, 15) is 9.90 Å². The molecule has 1 amide bonds. The van der Waals surface area contributed by atoms with Gasteiger partial charge in [0, 0.05) is 18.1 Å². The van der Waals surface area contributed by atoms with E-state index in [1.54, 1.807) is 20.0 Å². The largest absolute Gasteiger partial charge is 0.385 e. The molecule has 0 spiro atoms. The monoisotopic (exact) mass is 390 g/mol. The second-order valence-electron chi connectivity index (χ2n) is 7.70. The minimum atomic E-state index is -0.907. The number of benzene rings is 1. The van der Waals surface area contributed by atoms with Crippen molar-refractivity contribution in [2.75, 3.05) is 0 Å². The number of hydrogen-bond acceptors (Lipinski definition) is 5. The van der Waals surface area contributed by atoms with Crippen LogP contribution in [0.1, 0.15) is 73.9 Å². The fourth-order valence-electron chi connectivity index (χ4n) is 3.03. The minimum Gasteiger partial charge on any atom is -0.385 e. The molecule has 1 fully saturated rings. The highest BCUT2D eigenvalue weighted by Crippen LogP contribution is 2.43. The molecule has 26 heavy (non-hydrogen) atoms. The molecule has 6 heteroatoms. The van der Waals surface area contributed by atoms with Crippen molar-refractivity contribution in [1.82, 2.24) is 9.71 Å². The Morgan fingerprint density at radius 2 is 2.15 bits per heavy atom. The van der Waals surface area contributed by atoms with Crippen LogP contribution in [0.3, 0.4) is 0 Å². The zero-order chi connectivity index (χ0) is 18.9. The summed E-state index contributed by atoms with van der Waals surface area (Å²) in [5, 5.41) is 10.0. The molecule has 140 valence electrons. The zero-order valence-electron chi connectivity index (χ0n) is 15.7. The van der Waals surface area contributed by atoms with Gasteiger partial charge < -0.3 is 5.11 Å². The number of thiazole rings is 1. The summed E-state index contributed by atoms with van der Waals surface area (Å²) in [5.41, 5.74) is 2.90. The minimum absolute atomic E-state index is 0.00925. The maximum atomic E-state index is 12.6. The average Bonchev–Trinajstić information content (AvgIpc) is 3.28. The van der Waals surface area contributed by atoms with E-state index < -0.39 is 5.60 Å². The van der Waals surface area contributed by atoms with Gasteiger partial charge in [-0.05, 0) is 55.2 Å². The molecule has 2 aromatic rings. The highest BCUT2D eigenvalue weighted by Gasteiger charge is 2.28. The number of hydrogen-bond donors (Lipinski definition) is 2. The molecule has 0 saturated heterocycles. The number of nitrogens with zero attached hydrogens (tertiary/aromatic N) is 1. The quantitative estimate of drug-likeness (QED) is 0.671. The Hall–Kier alpha value is -1.37. The SMILES string of the molecule is CC(C)c1cccc(C2CC2)c1CC(=O)NSc1ncc(C(C)(C)O)s1. The lowest BCUT2D eigenvalue weighted by molar-refractivity contribution is -0.118. The molecule has 3 rings (SSSR count). The summed E-state index contributed by atoms with van der Waals surface area (Å²) < 4.78 is 3.64. The fourth-order valence-corrected chi connectivity index (χ4v) is 4.62. The van der Waals surface area contributed by atoms with Crippen LogP contribution in [0.25, 0.3) is 0 Å². The first-order chi connectivity index (χ1) is 12.3. The van der Waals surface area contributed by atoms with E-state index in [4.69, 9.17) is 0 Å². The van der Waals surface area contributed by atoms with Gasteiger partial charge in [-0.2, -0.15) is 0 Å². The lowest BCUT2D eigenvalue weighted by Gasteiger charge is -2.17. The molecule has 4 nitrogen and oxygen atoms in total. The first-order valence-electron chi connectivity index (χ1n) is 9.01. The molecular weight excluding hydrogens is 364 g/mol. The van der Waals surface area contributed by atoms with Crippen LogP contribution in [0.4, 0.5) is 0 Å². The van der Waals surface area contributed by atoms with E-state index in [0.717, 1.165) is 9.22 Å². The van der Waals surface area contributed by atoms with E-state index in [1.807, 2.05) is 0 Å². The third kappa shape index (κ3) is 4.67. The van der Waals surface area contributed by atoms with Gasteiger partial charge in [0.25, 0.3) is 0 Å². The molecule has 1 aliphatic carbocycles. The number of carbonyl (C=O) groups is 1. The maximum Gasteiger partial charge on any atom is 0.234 e. The first-order valence-corrected chi connectivity index (χ1v) is 10.6. The number of aromatic nitrogens is 1. The number of rotatable bonds is 7. The number of nitrogens with one attached hydrogen (secondary N) is 1. The number of aliphatic hydroxyl groups is 1. The Morgan fingerprint density at radius 3 is 2.73 bits per heavy atom. The van der Waals surface area contributed by atoms with E-state index in [-0.39, 0.29) is 5.91 Å². The van der Waals surface area contributed by atoms with Crippen molar-refractivity contribution in [2.45, 2.75) is 68.7 Å². The lowest BCUT2D eigenvalue weighted by Crippen LogP contribution is -2.20. The molecule has 0 atom stereocenters. The van der Waals surface area contributed by atoms with Gasteiger partial charge in [0.1, 0.15) is 0 Å². The molecule has 1 aliphatic rings. The summed E-state index contributed by atoms with van der Waals surface area (Å²) in [6.45, 7) is 7.82. The lowest BCUT2D eigenvalue weighted by atomic mass is 9.89. The van der Waals surface area contributed by atoms with Crippen LogP contribution in [-0.2, 0) is 16.8 Å². The first kappa shape index (κ1) is 19.4. The summed E-state index contributed by atoms with van der Waals surface area (Å²) in [6, 6.07) is 6.44. The number of amides is 1. The molecule has 0 unspecified atom stereocenters. The van der Waals surface area contributed by atoms with Crippen molar-refractivity contribution in [3.63, 3.8) is 0 Å². The molecule has 0 radical (unpaired) electrons. The predicted molar refractivity (Wildman–Crippen MR) is 108 cm³/mol. The molecule has 1 heterocycles. The van der Waals surface area contributed by atoms with Gasteiger partial charge in [0.15, 0.2) is 4.34 Å². The molecule has 1 aromatic carbocycles. The second kappa shape index (κ2) is 7.71. The van der Waals surface area contributed by atoms with Crippen LogP contribution in [0, 0.1) is 0 Å². The second-order valence-corrected chi connectivity index (χ2v) is 9.78. The van der Waals surface area contributed by atoms with Gasteiger partial charge in [0.05, 0.1) is 16.9 Å². The third-order valence-electron chi connectivity index (χ3n) is 4.56. The maximum absolute atomic E-state index is 12.6. The Labute approximate surface area is 163 Å². The molecule has 1 aromatic heterocycles. The highest BCUT2D eigenvalue weighted by molar-refractivity contribution is 7.99. The van der Waals surface area contributed by atoms with Gasteiger partial charge in [-0.15, -0.1) is 11.3 Å². The molecule has 0 aliphatic heterocycles. The topological polar surface area (TPSA) is 62.2 Å². The van der Waals surface area contributed by atoms with Crippen LogP contribution in [0.5, 0.6) is 0 Å². The van der Waals surface area contributed by atoms with Crippen LogP contribution in [-0.4, -0.2) is 16.0 Å². The van der Waals surface area contributed by atoms with Crippen LogP contribution in [0.15, 0.2) is 28.7 Å². The Bertz CT molecular complexity index is 769. The Morgan fingerprint density at radius 1 is 1.42 bits per heavy atom. The number of carbonyl (C=O) groups excluding carboxylic acids is 1. The normalized spacial score (nSPS) is 14.7. The van der Waals surface area contributed by atoms with Crippen LogP contribution >= 0.6 is 23.3 Å². The van der Waals surface area contributed by atoms with E-state index >= 15 is 0 Å². The Kier molecular flexibility index (Phi) is 5.75. The molecule has 2 N–H and O–H groups in total. The van der Waals surface area contributed by atoms with Gasteiger partial charge in [-0.3, -0.25) is 9.52 Å². The van der Waals surface area contributed by atoms with Crippen molar-refractivity contribution in [3.05, 3.63) is 46.0 Å². The summed E-state index contributed by atoms with van der Waals surface area (Å²) in [6.07, 6.45) is 4.52. The van der Waals surface area contributed by atoms with Gasteiger partial charge in [0.2, 0.25) is 5.91 Å². The van der Waals surface area contributed by atoms with Gasteiger partial charge in [-0.1, -0.05) is 32.0 Å². The van der Waals surface area contributed by atoms with Crippen molar-refractivity contribution in [2.24, 2.45) is 0 Å². The predicted octanol–water partition coefficient (Wildman–Crippen LogP) is 4.74. The van der Waals surface area contributed by atoms with E-state index in [2.05, 4.69) is 41.8 Å². The Balaban J connectivity index is 1.68. The zero-order valence-corrected chi connectivity index (χ0v) is 17.3. The molecule has 0 bridgehead atoms. The molecule has 1 saturated carbocycles. The van der Waals surface area contributed by atoms with Gasteiger partial charge >= 0.3 is 0 Å². The fraction of sp³-hybridized carbons (Fsp3) is 0.500. The third-order valence-corrected chi connectivity index (χ3v) is 6.78. The van der Waals surface area contributed by atoms with Crippen molar-refractivity contribution in [3.8, 4) is 0 Å². The van der Waals surface area contributed by atoms with Crippen molar-refractivity contribution >= 4 is 29.2 Å². The van der Waals surface area contributed by atoms with Crippen LogP contribution < -0.4 is 4.72 Å². The van der Waals surface area contributed by atoms with Crippen molar-refractivity contribution in [1.29, 1.82) is 0 Å². The van der Waals surface area contributed by atoms with Gasteiger partial charge in [-0.25, -0.2) is 4.98 Å². The van der Waals surface area contributed by atoms with Crippen molar-refractivity contribution < 1.29 is 9.90 Å². The van der Waals surface area contributed by atoms with E-state index in [1.165, 1.54) is 52.8 Å². The highest BCUT2D eigenvalue weighted by atomic mass is 32.2. The summed E-state index contributed by atoms with van der Waals surface area (Å²) >= 11 is 2.63. The summed E-state index contributed by atoms with van der Waals surface area (Å²) in [4.78, 5) is 17.6.